The monoisotopic (exact) mass is 239 g/mol. The van der Waals surface area contributed by atoms with Gasteiger partial charge in [-0.05, 0) is 19.9 Å². The number of nitrogens with zero attached hydrogens (tertiary/aromatic N) is 1. The molecule has 0 aliphatic rings. The first-order valence-electron chi connectivity index (χ1n) is 5.35. The van der Waals surface area contributed by atoms with Crippen molar-refractivity contribution in [2.45, 2.75) is 19.9 Å². The molecule has 3 N–H and O–H groups in total. The highest BCUT2D eigenvalue weighted by atomic mass is 16.5. The number of anilines is 1. The van der Waals surface area contributed by atoms with Crippen LogP contribution >= 0.6 is 0 Å². The van der Waals surface area contributed by atoms with Gasteiger partial charge in [-0.15, -0.1) is 0 Å². The van der Waals surface area contributed by atoms with Gasteiger partial charge in [0.1, 0.15) is 5.69 Å². The standard InChI is InChI=1S/C11H17N3O3/c1-4-17-11(16)9-5-8(6-14(9)3)13-10(15)7(2)12/h5-7H,4,12H2,1-3H3,(H,13,15)/t7-/m0/s1. The average molecular weight is 239 g/mol. The lowest BCUT2D eigenvalue weighted by Gasteiger charge is -2.04. The van der Waals surface area contributed by atoms with Gasteiger partial charge in [0, 0.05) is 13.2 Å². The second-order valence-electron chi connectivity index (χ2n) is 3.72. The SMILES string of the molecule is CCOC(=O)c1cc(NC(=O)[C@H](C)N)cn1C. The summed E-state index contributed by atoms with van der Waals surface area (Å²) < 4.78 is 6.47. The molecule has 0 aromatic carbocycles. The third-order valence-corrected chi connectivity index (χ3v) is 2.17. The van der Waals surface area contributed by atoms with E-state index in [1.165, 1.54) is 0 Å². The molecule has 0 radical (unpaired) electrons. The summed E-state index contributed by atoms with van der Waals surface area (Å²) in [6.45, 7) is 3.63. The fourth-order valence-corrected chi connectivity index (χ4v) is 1.30. The molecule has 0 aliphatic carbocycles. The Morgan fingerprint density at radius 1 is 1.59 bits per heavy atom. The minimum atomic E-state index is -0.596. The van der Waals surface area contributed by atoms with Crippen LogP contribution in [0.1, 0.15) is 24.3 Å². The van der Waals surface area contributed by atoms with Crippen molar-refractivity contribution in [1.29, 1.82) is 0 Å². The number of ether oxygens (including phenoxy) is 1. The third kappa shape index (κ3) is 3.32. The number of carbonyl (C=O) groups excluding carboxylic acids is 2. The molecule has 6 nitrogen and oxygen atoms in total. The summed E-state index contributed by atoms with van der Waals surface area (Å²) >= 11 is 0. The molecule has 94 valence electrons. The Morgan fingerprint density at radius 3 is 2.76 bits per heavy atom. The average Bonchev–Trinajstić information content (AvgIpc) is 2.59. The molecule has 0 saturated heterocycles. The van der Waals surface area contributed by atoms with Gasteiger partial charge < -0.3 is 20.4 Å². The van der Waals surface area contributed by atoms with Gasteiger partial charge >= 0.3 is 5.97 Å². The summed E-state index contributed by atoms with van der Waals surface area (Å²) in [5.74, 6) is -0.720. The maximum atomic E-state index is 11.5. The number of rotatable bonds is 4. The molecule has 0 bridgehead atoms. The number of aromatic nitrogens is 1. The van der Waals surface area contributed by atoms with Crippen molar-refractivity contribution in [1.82, 2.24) is 4.57 Å². The van der Waals surface area contributed by atoms with E-state index in [-0.39, 0.29) is 5.91 Å². The molecule has 1 aromatic rings. The maximum Gasteiger partial charge on any atom is 0.355 e. The molecule has 17 heavy (non-hydrogen) atoms. The van der Waals surface area contributed by atoms with Crippen LogP contribution in [0.2, 0.25) is 0 Å². The van der Waals surface area contributed by atoms with Gasteiger partial charge in [-0.25, -0.2) is 4.79 Å². The van der Waals surface area contributed by atoms with Gasteiger partial charge in [-0.3, -0.25) is 4.79 Å². The lowest BCUT2D eigenvalue weighted by molar-refractivity contribution is -0.117. The van der Waals surface area contributed by atoms with Crippen molar-refractivity contribution in [3.05, 3.63) is 18.0 Å². The van der Waals surface area contributed by atoms with Crippen LogP contribution in [-0.2, 0) is 16.6 Å². The highest BCUT2D eigenvalue weighted by molar-refractivity contribution is 5.96. The van der Waals surface area contributed by atoms with E-state index < -0.39 is 12.0 Å². The molecule has 0 saturated carbocycles. The van der Waals surface area contributed by atoms with Gasteiger partial charge in [0.25, 0.3) is 0 Å². The normalized spacial score (nSPS) is 12.0. The van der Waals surface area contributed by atoms with Crippen LogP contribution in [0.25, 0.3) is 0 Å². The third-order valence-electron chi connectivity index (χ3n) is 2.17. The van der Waals surface area contributed by atoms with Crippen LogP contribution in [0.4, 0.5) is 5.69 Å². The predicted octanol–water partition coefficient (Wildman–Crippen LogP) is 0.487. The zero-order valence-corrected chi connectivity index (χ0v) is 10.2. The molecule has 1 amide bonds. The van der Waals surface area contributed by atoms with E-state index in [9.17, 15) is 9.59 Å². The largest absolute Gasteiger partial charge is 0.461 e. The minimum absolute atomic E-state index is 0.300. The quantitative estimate of drug-likeness (QED) is 0.748. The van der Waals surface area contributed by atoms with Crippen molar-refractivity contribution < 1.29 is 14.3 Å². The Hall–Kier alpha value is -1.82. The zero-order chi connectivity index (χ0) is 13.0. The molecular weight excluding hydrogens is 222 g/mol. The Morgan fingerprint density at radius 2 is 2.24 bits per heavy atom. The fourth-order valence-electron chi connectivity index (χ4n) is 1.30. The molecular formula is C11H17N3O3. The molecule has 1 atom stereocenters. The van der Waals surface area contributed by atoms with Gasteiger partial charge in [0.2, 0.25) is 5.91 Å². The number of amides is 1. The van der Waals surface area contributed by atoms with Crippen LogP contribution in [0, 0.1) is 0 Å². The minimum Gasteiger partial charge on any atom is -0.461 e. The van der Waals surface area contributed by atoms with Gasteiger partial charge in [0.05, 0.1) is 18.3 Å². The summed E-state index contributed by atoms with van der Waals surface area (Å²) in [7, 11) is 1.70. The first-order valence-corrected chi connectivity index (χ1v) is 5.35. The Balaban J connectivity index is 2.81. The zero-order valence-electron chi connectivity index (χ0n) is 10.2. The van der Waals surface area contributed by atoms with Crippen LogP contribution < -0.4 is 11.1 Å². The highest BCUT2D eigenvalue weighted by Crippen LogP contribution is 2.14. The van der Waals surface area contributed by atoms with E-state index in [2.05, 4.69) is 5.32 Å². The molecule has 1 rings (SSSR count). The van der Waals surface area contributed by atoms with Crippen LogP contribution in [0.5, 0.6) is 0 Å². The highest BCUT2D eigenvalue weighted by Gasteiger charge is 2.15. The Bertz CT molecular complexity index is 424. The van der Waals surface area contributed by atoms with Crippen molar-refractivity contribution in [2.24, 2.45) is 12.8 Å². The first kappa shape index (κ1) is 13.2. The topological polar surface area (TPSA) is 86.3 Å². The summed E-state index contributed by atoms with van der Waals surface area (Å²) in [6, 6.07) is 0.958. The summed E-state index contributed by atoms with van der Waals surface area (Å²) in [5, 5.41) is 2.61. The molecule has 0 aliphatic heterocycles. The summed E-state index contributed by atoms with van der Waals surface area (Å²) in [5.41, 5.74) is 6.33. The predicted molar refractivity (Wildman–Crippen MR) is 63.6 cm³/mol. The van der Waals surface area contributed by atoms with E-state index >= 15 is 0 Å². The maximum absolute atomic E-state index is 11.5. The number of hydrogen-bond donors (Lipinski definition) is 2. The Labute approximate surface area is 99.7 Å². The van der Waals surface area contributed by atoms with E-state index in [1.54, 1.807) is 37.7 Å². The lowest BCUT2D eigenvalue weighted by atomic mass is 10.3. The molecule has 6 heteroatoms. The van der Waals surface area contributed by atoms with Gasteiger partial charge in [-0.2, -0.15) is 0 Å². The van der Waals surface area contributed by atoms with Crippen LogP contribution in [-0.4, -0.2) is 29.1 Å². The number of nitrogens with two attached hydrogens (primary N) is 1. The van der Waals surface area contributed by atoms with Crippen molar-refractivity contribution >= 4 is 17.6 Å². The number of esters is 1. The van der Waals surface area contributed by atoms with Crippen LogP contribution in [0.15, 0.2) is 12.3 Å². The second kappa shape index (κ2) is 5.49. The van der Waals surface area contributed by atoms with Crippen LogP contribution in [0.3, 0.4) is 0 Å². The molecule has 0 spiro atoms. The smallest absolute Gasteiger partial charge is 0.355 e. The van der Waals surface area contributed by atoms with E-state index in [4.69, 9.17) is 10.5 Å². The first-order chi connectivity index (χ1) is 7.95. The second-order valence-corrected chi connectivity index (χ2v) is 3.72. The molecule has 0 fully saturated rings. The lowest BCUT2D eigenvalue weighted by Crippen LogP contribution is -2.32. The number of aryl methyl sites for hydroxylation is 1. The molecule has 1 aromatic heterocycles. The fraction of sp³-hybridized carbons (Fsp3) is 0.455. The van der Waals surface area contributed by atoms with Crippen molar-refractivity contribution in [3.8, 4) is 0 Å². The summed E-state index contributed by atoms with van der Waals surface area (Å²) in [6.07, 6.45) is 1.63. The van der Waals surface area contributed by atoms with Crippen molar-refractivity contribution in [3.63, 3.8) is 0 Å². The van der Waals surface area contributed by atoms with E-state index in [0.29, 0.717) is 18.0 Å². The number of hydrogen-bond acceptors (Lipinski definition) is 4. The number of nitrogens with one attached hydrogen (secondary N) is 1. The summed E-state index contributed by atoms with van der Waals surface area (Å²) in [4.78, 5) is 22.9. The van der Waals surface area contributed by atoms with Gasteiger partial charge in [0.15, 0.2) is 0 Å². The molecule has 0 unspecified atom stereocenters. The van der Waals surface area contributed by atoms with Crippen molar-refractivity contribution in [2.75, 3.05) is 11.9 Å². The van der Waals surface area contributed by atoms with Gasteiger partial charge in [-0.1, -0.05) is 0 Å². The Kier molecular flexibility index (Phi) is 4.28. The number of carbonyl (C=O) groups is 2. The van der Waals surface area contributed by atoms with E-state index in [0.717, 1.165) is 0 Å². The van der Waals surface area contributed by atoms with E-state index in [1.807, 2.05) is 0 Å². The molecule has 1 heterocycles.